The maximum Gasteiger partial charge on any atom is 0.291 e. The Labute approximate surface area is 112 Å². The maximum atomic E-state index is 12.1. The van der Waals surface area contributed by atoms with Gasteiger partial charge in [-0.3, -0.25) is 4.79 Å². The molecule has 4 heteroatoms. The molecule has 0 aliphatic heterocycles. The van der Waals surface area contributed by atoms with Crippen LogP contribution >= 0.6 is 0 Å². The molecule has 0 saturated carbocycles. The number of furan rings is 1. The third kappa shape index (κ3) is 3.03. The number of hydrogen-bond donors (Lipinski definition) is 2. The number of aryl methyl sites for hydroxylation is 2. The molecule has 1 aromatic heterocycles. The van der Waals surface area contributed by atoms with Gasteiger partial charge in [-0.2, -0.15) is 0 Å². The van der Waals surface area contributed by atoms with Gasteiger partial charge in [-0.15, -0.1) is 0 Å². The molecule has 0 saturated heterocycles. The Hall–Kier alpha value is -2.07. The molecule has 0 aliphatic carbocycles. The average molecular weight is 258 g/mol. The summed E-state index contributed by atoms with van der Waals surface area (Å²) in [5, 5.41) is 2.89. The molecule has 1 aromatic carbocycles. The highest BCUT2D eigenvalue weighted by Crippen LogP contribution is 2.20. The van der Waals surface area contributed by atoms with E-state index in [2.05, 4.69) is 5.32 Å². The van der Waals surface area contributed by atoms with Crippen LogP contribution in [0.15, 0.2) is 34.7 Å². The van der Waals surface area contributed by atoms with E-state index in [0.717, 1.165) is 22.6 Å². The third-order valence-electron chi connectivity index (χ3n) is 3.00. The second-order valence-corrected chi connectivity index (χ2v) is 4.53. The van der Waals surface area contributed by atoms with E-state index in [1.54, 1.807) is 12.1 Å². The molecule has 0 aliphatic rings. The van der Waals surface area contributed by atoms with E-state index in [0.29, 0.717) is 18.7 Å². The first-order valence-corrected chi connectivity index (χ1v) is 6.28. The number of rotatable bonds is 4. The second-order valence-electron chi connectivity index (χ2n) is 4.53. The number of nitrogens with two attached hydrogens (primary N) is 1. The van der Waals surface area contributed by atoms with Crippen LogP contribution in [0, 0.1) is 13.8 Å². The van der Waals surface area contributed by atoms with Gasteiger partial charge >= 0.3 is 0 Å². The quantitative estimate of drug-likeness (QED) is 0.885. The summed E-state index contributed by atoms with van der Waals surface area (Å²) in [5.41, 5.74) is 8.35. The highest BCUT2D eigenvalue weighted by Gasteiger charge is 2.13. The molecule has 1 amide bonds. The van der Waals surface area contributed by atoms with Crippen molar-refractivity contribution in [1.82, 2.24) is 0 Å². The lowest BCUT2D eigenvalue weighted by Gasteiger charge is -2.10. The van der Waals surface area contributed by atoms with Crippen LogP contribution in [0.1, 0.15) is 27.4 Å². The van der Waals surface area contributed by atoms with Crippen LogP contribution in [0.5, 0.6) is 0 Å². The minimum atomic E-state index is -0.235. The van der Waals surface area contributed by atoms with E-state index in [4.69, 9.17) is 10.2 Å². The van der Waals surface area contributed by atoms with Crippen LogP contribution in [-0.2, 0) is 6.42 Å². The first-order chi connectivity index (χ1) is 9.11. The normalized spacial score (nSPS) is 10.5. The lowest BCUT2D eigenvalue weighted by Crippen LogP contribution is -2.13. The van der Waals surface area contributed by atoms with Crippen molar-refractivity contribution in [2.45, 2.75) is 20.3 Å². The Morgan fingerprint density at radius 2 is 1.89 bits per heavy atom. The van der Waals surface area contributed by atoms with Gasteiger partial charge in [0.25, 0.3) is 5.91 Å². The van der Waals surface area contributed by atoms with Crippen LogP contribution < -0.4 is 11.1 Å². The Morgan fingerprint density at radius 1 is 1.21 bits per heavy atom. The maximum absolute atomic E-state index is 12.1. The van der Waals surface area contributed by atoms with E-state index in [-0.39, 0.29) is 5.91 Å². The monoisotopic (exact) mass is 258 g/mol. The Bertz CT molecular complexity index is 567. The zero-order valence-electron chi connectivity index (χ0n) is 11.2. The third-order valence-corrected chi connectivity index (χ3v) is 3.00. The van der Waals surface area contributed by atoms with Gasteiger partial charge in [-0.1, -0.05) is 18.2 Å². The fraction of sp³-hybridized carbons (Fsp3) is 0.267. The number of benzene rings is 1. The van der Waals surface area contributed by atoms with Crippen LogP contribution in [0.4, 0.5) is 5.69 Å². The van der Waals surface area contributed by atoms with Gasteiger partial charge in [0.1, 0.15) is 5.76 Å². The van der Waals surface area contributed by atoms with Crippen LogP contribution in [0.25, 0.3) is 0 Å². The minimum absolute atomic E-state index is 0.235. The predicted molar refractivity (Wildman–Crippen MR) is 75.3 cm³/mol. The smallest absolute Gasteiger partial charge is 0.291 e. The first-order valence-electron chi connectivity index (χ1n) is 6.28. The Morgan fingerprint density at radius 3 is 2.53 bits per heavy atom. The number of hydrogen-bond acceptors (Lipinski definition) is 3. The van der Waals surface area contributed by atoms with Crippen molar-refractivity contribution in [3.8, 4) is 0 Å². The van der Waals surface area contributed by atoms with Crippen LogP contribution in [0.2, 0.25) is 0 Å². The standard InChI is InChI=1S/C15H18N2O2/c1-10-4-3-5-11(2)14(10)17-15(18)13-7-6-12(19-13)8-9-16/h3-7H,8-9,16H2,1-2H3,(H,17,18). The molecule has 100 valence electrons. The molecule has 19 heavy (non-hydrogen) atoms. The zero-order chi connectivity index (χ0) is 13.8. The summed E-state index contributed by atoms with van der Waals surface area (Å²) in [6.07, 6.45) is 0.636. The average Bonchev–Trinajstić information content (AvgIpc) is 2.83. The summed E-state index contributed by atoms with van der Waals surface area (Å²) >= 11 is 0. The predicted octanol–water partition coefficient (Wildman–Crippen LogP) is 2.65. The molecule has 4 nitrogen and oxygen atoms in total. The SMILES string of the molecule is Cc1cccc(C)c1NC(=O)c1ccc(CCN)o1. The molecule has 0 spiro atoms. The van der Waals surface area contributed by atoms with E-state index >= 15 is 0 Å². The van der Waals surface area contributed by atoms with E-state index in [1.165, 1.54) is 0 Å². The number of carbonyl (C=O) groups excluding carboxylic acids is 1. The molecule has 1 heterocycles. The summed E-state index contributed by atoms with van der Waals surface area (Å²) in [7, 11) is 0. The highest BCUT2D eigenvalue weighted by atomic mass is 16.3. The second kappa shape index (κ2) is 5.71. The van der Waals surface area contributed by atoms with Gasteiger partial charge in [-0.25, -0.2) is 0 Å². The summed E-state index contributed by atoms with van der Waals surface area (Å²) in [6, 6.07) is 9.35. The number of carbonyl (C=O) groups is 1. The molecule has 2 rings (SSSR count). The molecule has 0 fully saturated rings. The number of anilines is 1. The van der Waals surface area contributed by atoms with E-state index in [9.17, 15) is 4.79 Å². The molecule has 0 atom stereocenters. The van der Waals surface area contributed by atoms with Crippen molar-refractivity contribution >= 4 is 11.6 Å². The van der Waals surface area contributed by atoms with Gasteiger partial charge in [-0.05, 0) is 43.7 Å². The fourth-order valence-electron chi connectivity index (χ4n) is 1.96. The van der Waals surface area contributed by atoms with E-state index in [1.807, 2.05) is 32.0 Å². The number of para-hydroxylation sites is 1. The van der Waals surface area contributed by atoms with E-state index < -0.39 is 0 Å². The van der Waals surface area contributed by atoms with Gasteiger partial charge in [0, 0.05) is 12.1 Å². The molecule has 2 aromatic rings. The zero-order valence-corrected chi connectivity index (χ0v) is 11.2. The van der Waals surface area contributed by atoms with Crippen molar-refractivity contribution in [3.63, 3.8) is 0 Å². The van der Waals surface area contributed by atoms with Crippen molar-refractivity contribution in [2.24, 2.45) is 5.73 Å². The van der Waals surface area contributed by atoms with Gasteiger partial charge in [0.05, 0.1) is 0 Å². The Kier molecular flexibility index (Phi) is 4.02. The molecular formula is C15H18N2O2. The van der Waals surface area contributed by atoms with Crippen molar-refractivity contribution in [2.75, 3.05) is 11.9 Å². The summed E-state index contributed by atoms with van der Waals surface area (Å²) in [5.74, 6) is 0.806. The molecule has 3 N–H and O–H groups in total. The molecule has 0 unspecified atom stereocenters. The van der Waals surface area contributed by atoms with Gasteiger partial charge < -0.3 is 15.5 Å². The van der Waals surface area contributed by atoms with Crippen LogP contribution in [-0.4, -0.2) is 12.5 Å². The highest BCUT2D eigenvalue weighted by molar-refractivity contribution is 6.03. The molecule has 0 bridgehead atoms. The van der Waals surface area contributed by atoms with Crippen molar-refractivity contribution < 1.29 is 9.21 Å². The van der Waals surface area contributed by atoms with Gasteiger partial charge in [0.15, 0.2) is 5.76 Å². The number of nitrogens with one attached hydrogen (secondary N) is 1. The first kappa shape index (κ1) is 13.4. The molecular weight excluding hydrogens is 240 g/mol. The fourth-order valence-corrected chi connectivity index (χ4v) is 1.96. The minimum Gasteiger partial charge on any atom is -0.456 e. The Balaban J connectivity index is 2.16. The number of amides is 1. The lowest BCUT2D eigenvalue weighted by molar-refractivity contribution is 0.0995. The lowest BCUT2D eigenvalue weighted by atomic mass is 10.1. The van der Waals surface area contributed by atoms with Crippen molar-refractivity contribution in [3.05, 3.63) is 53.0 Å². The van der Waals surface area contributed by atoms with Crippen LogP contribution in [0.3, 0.4) is 0 Å². The largest absolute Gasteiger partial charge is 0.456 e. The summed E-state index contributed by atoms with van der Waals surface area (Å²) in [4.78, 5) is 12.1. The van der Waals surface area contributed by atoms with Gasteiger partial charge in [0.2, 0.25) is 0 Å². The van der Waals surface area contributed by atoms with Crippen molar-refractivity contribution in [1.29, 1.82) is 0 Å². The summed E-state index contributed by atoms with van der Waals surface area (Å²) < 4.78 is 5.45. The summed E-state index contributed by atoms with van der Waals surface area (Å²) in [6.45, 7) is 4.43. The molecule has 0 radical (unpaired) electrons. The topological polar surface area (TPSA) is 68.3 Å².